The van der Waals surface area contributed by atoms with Gasteiger partial charge < -0.3 is 14.8 Å². The van der Waals surface area contributed by atoms with Gasteiger partial charge in [0, 0.05) is 12.1 Å². The first-order chi connectivity index (χ1) is 11.4. The Hall–Kier alpha value is -2.35. The topological polar surface area (TPSA) is 98.8 Å². The zero-order valence-corrected chi connectivity index (χ0v) is 14.0. The lowest BCUT2D eigenvalue weighted by Crippen LogP contribution is -2.38. The van der Waals surface area contributed by atoms with Crippen LogP contribution >= 0.6 is 0 Å². The highest BCUT2D eigenvalue weighted by molar-refractivity contribution is 7.91. The van der Waals surface area contributed by atoms with E-state index in [-0.39, 0.29) is 11.5 Å². The van der Waals surface area contributed by atoms with Crippen LogP contribution in [0.4, 0.5) is 0 Å². The molecule has 7 nitrogen and oxygen atoms in total. The second-order valence-electron chi connectivity index (χ2n) is 5.38. The third kappa shape index (κ3) is 5.69. The van der Waals surface area contributed by atoms with Crippen molar-refractivity contribution in [2.45, 2.75) is 12.5 Å². The Morgan fingerprint density at radius 3 is 2.58 bits per heavy atom. The molecule has 130 valence electrons. The summed E-state index contributed by atoms with van der Waals surface area (Å²) in [6.07, 6.45) is 3.16. The van der Waals surface area contributed by atoms with Gasteiger partial charge >= 0.3 is 5.97 Å². The number of nitrogens with one attached hydrogen (secondary N) is 1. The molecule has 0 aromatic heterocycles. The molecule has 1 aliphatic rings. The molecule has 0 spiro atoms. The molecule has 0 saturated carbocycles. The van der Waals surface area contributed by atoms with Crippen LogP contribution in [0, 0.1) is 0 Å². The van der Waals surface area contributed by atoms with E-state index in [0.717, 1.165) is 5.56 Å². The molecule has 1 atom stereocenters. The van der Waals surface area contributed by atoms with Crippen molar-refractivity contribution in [2.75, 3.05) is 25.2 Å². The van der Waals surface area contributed by atoms with E-state index in [4.69, 9.17) is 9.47 Å². The van der Waals surface area contributed by atoms with E-state index in [0.29, 0.717) is 12.2 Å². The fraction of sp³-hybridized carbons (Fsp3) is 0.375. The van der Waals surface area contributed by atoms with Crippen molar-refractivity contribution in [3.8, 4) is 5.75 Å². The van der Waals surface area contributed by atoms with Gasteiger partial charge in [-0.15, -0.1) is 0 Å². The van der Waals surface area contributed by atoms with Crippen LogP contribution in [0.5, 0.6) is 5.75 Å². The highest BCUT2D eigenvalue weighted by Crippen LogP contribution is 2.12. The van der Waals surface area contributed by atoms with Gasteiger partial charge in [-0.2, -0.15) is 0 Å². The van der Waals surface area contributed by atoms with Gasteiger partial charge in [0.25, 0.3) is 5.91 Å². The Morgan fingerprint density at radius 2 is 2.00 bits per heavy atom. The van der Waals surface area contributed by atoms with Crippen LogP contribution in [0.2, 0.25) is 0 Å². The van der Waals surface area contributed by atoms with E-state index in [2.05, 4.69) is 5.32 Å². The van der Waals surface area contributed by atoms with Gasteiger partial charge in [0.15, 0.2) is 16.4 Å². The molecule has 2 rings (SSSR count). The normalized spacial score (nSPS) is 19.1. The fourth-order valence-corrected chi connectivity index (χ4v) is 3.92. The highest BCUT2D eigenvalue weighted by Gasteiger charge is 2.28. The van der Waals surface area contributed by atoms with Crippen LogP contribution in [0.25, 0.3) is 6.08 Å². The number of esters is 1. The highest BCUT2D eigenvalue weighted by atomic mass is 32.2. The number of ether oxygens (including phenoxy) is 2. The lowest BCUT2D eigenvalue weighted by atomic mass is 10.2. The number of amides is 1. The summed E-state index contributed by atoms with van der Waals surface area (Å²) in [5, 5.41) is 2.54. The largest absolute Gasteiger partial charge is 0.497 e. The zero-order valence-electron chi connectivity index (χ0n) is 13.2. The van der Waals surface area contributed by atoms with E-state index in [1.54, 1.807) is 37.5 Å². The first-order valence-corrected chi connectivity index (χ1v) is 9.19. The maximum atomic E-state index is 11.6. The summed E-state index contributed by atoms with van der Waals surface area (Å²) in [6.45, 7) is -0.442. The predicted molar refractivity (Wildman–Crippen MR) is 88.2 cm³/mol. The standard InChI is InChI=1S/C16H19NO6S/c1-22-14-5-2-12(3-6-14)4-7-16(19)23-10-15(18)17-13-8-9-24(20,21)11-13/h2-7,13H,8-11H2,1H3,(H,17,18)/b7-4+/t13-/m1/s1. The SMILES string of the molecule is COc1ccc(/C=C/C(=O)OCC(=O)N[C@@H]2CCS(=O)(=O)C2)cc1. The van der Waals surface area contributed by atoms with Crippen LogP contribution in [-0.4, -0.2) is 51.6 Å². The molecule has 1 aromatic rings. The summed E-state index contributed by atoms with van der Waals surface area (Å²) >= 11 is 0. The van der Waals surface area contributed by atoms with Gasteiger partial charge in [-0.25, -0.2) is 13.2 Å². The van der Waals surface area contributed by atoms with Gasteiger partial charge in [-0.1, -0.05) is 12.1 Å². The Balaban J connectivity index is 1.74. The van der Waals surface area contributed by atoms with E-state index in [1.807, 2.05) is 0 Å². The van der Waals surface area contributed by atoms with Crippen LogP contribution < -0.4 is 10.1 Å². The van der Waals surface area contributed by atoms with Crippen LogP contribution in [0.1, 0.15) is 12.0 Å². The quantitative estimate of drug-likeness (QED) is 0.592. The summed E-state index contributed by atoms with van der Waals surface area (Å²) in [6, 6.07) is 6.66. The third-order valence-electron chi connectivity index (χ3n) is 3.47. The third-order valence-corrected chi connectivity index (χ3v) is 5.24. The van der Waals surface area contributed by atoms with Crippen molar-refractivity contribution in [3.63, 3.8) is 0 Å². The molecule has 0 unspecified atom stereocenters. The van der Waals surface area contributed by atoms with Gasteiger partial charge in [0.2, 0.25) is 0 Å². The molecule has 0 aliphatic carbocycles. The molecule has 8 heteroatoms. The number of carbonyl (C=O) groups excluding carboxylic acids is 2. The average Bonchev–Trinajstić information content (AvgIpc) is 2.90. The number of hydrogen-bond acceptors (Lipinski definition) is 6. The molecule has 1 aliphatic heterocycles. The minimum Gasteiger partial charge on any atom is -0.497 e. The lowest BCUT2D eigenvalue weighted by molar-refractivity contribution is -0.143. The molecular weight excluding hydrogens is 334 g/mol. The van der Waals surface area contributed by atoms with E-state index in [1.165, 1.54) is 6.08 Å². The number of benzene rings is 1. The Bertz CT molecular complexity index is 723. The molecule has 1 heterocycles. The molecule has 24 heavy (non-hydrogen) atoms. The lowest BCUT2D eigenvalue weighted by Gasteiger charge is -2.10. The maximum absolute atomic E-state index is 11.6. The molecule has 0 bridgehead atoms. The van der Waals surface area contributed by atoms with Crippen LogP contribution in [0.15, 0.2) is 30.3 Å². The minimum absolute atomic E-state index is 0.0654. The summed E-state index contributed by atoms with van der Waals surface area (Å²) in [7, 11) is -1.50. The van der Waals surface area contributed by atoms with Crippen molar-refractivity contribution >= 4 is 27.8 Å². The van der Waals surface area contributed by atoms with Crippen molar-refractivity contribution in [2.24, 2.45) is 0 Å². The summed E-state index contributed by atoms with van der Waals surface area (Å²) < 4.78 is 32.4. The summed E-state index contributed by atoms with van der Waals surface area (Å²) in [4.78, 5) is 23.2. The van der Waals surface area contributed by atoms with Crippen LogP contribution in [-0.2, 0) is 24.2 Å². The number of hydrogen-bond donors (Lipinski definition) is 1. The number of rotatable bonds is 6. The number of methoxy groups -OCH3 is 1. The second kappa shape index (κ2) is 7.96. The van der Waals surface area contributed by atoms with E-state index < -0.39 is 34.4 Å². The molecule has 1 saturated heterocycles. The Kier molecular flexibility index (Phi) is 5.97. The first-order valence-electron chi connectivity index (χ1n) is 7.36. The smallest absolute Gasteiger partial charge is 0.331 e. The van der Waals surface area contributed by atoms with Crippen molar-refractivity contribution in [1.82, 2.24) is 5.32 Å². The van der Waals surface area contributed by atoms with Crippen molar-refractivity contribution in [1.29, 1.82) is 0 Å². The van der Waals surface area contributed by atoms with Gasteiger partial charge in [0.05, 0.1) is 18.6 Å². The first kappa shape index (κ1) is 18.0. The zero-order chi connectivity index (χ0) is 17.6. The van der Waals surface area contributed by atoms with E-state index >= 15 is 0 Å². The van der Waals surface area contributed by atoms with Crippen LogP contribution in [0.3, 0.4) is 0 Å². The Morgan fingerprint density at radius 1 is 1.29 bits per heavy atom. The monoisotopic (exact) mass is 353 g/mol. The number of sulfone groups is 1. The molecular formula is C16H19NO6S. The van der Waals surface area contributed by atoms with E-state index in [9.17, 15) is 18.0 Å². The summed E-state index contributed by atoms with van der Waals surface area (Å²) in [5.41, 5.74) is 0.786. The summed E-state index contributed by atoms with van der Waals surface area (Å²) in [5.74, 6) is -0.449. The van der Waals surface area contributed by atoms with Crippen molar-refractivity contribution in [3.05, 3.63) is 35.9 Å². The molecule has 0 radical (unpaired) electrons. The molecule has 1 aromatic carbocycles. The fourth-order valence-electron chi connectivity index (χ4n) is 2.24. The van der Waals surface area contributed by atoms with Crippen molar-refractivity contribution < 1.29 is 27.5 Å². The Labute approximate surface area is 140 Å². The van der Waals surface area contributed by atoms with Gasteiger partial charge in [-0.05, 0) is 30.2 Å². The molecule has 1 N–H and O–H groups in total. The number of carbonyl (C=O) groups is 2. The predicted octanol–water partition coefficient (Wildman–Crippen LogP) is 0.555. The molecule has 1 fully saturated rings. The second-order valence-corrected chi connectivity index (χ2v) is 7.61. The average molecular weight is 353 g/mol. The molecule has 1 amide bonds. The van der Waals surface area contributed by atoms with Gasteiger partial charge in [0.1, 0.15) is 5.75 Å². The van der Waals surface area contributed by atoms with Gasteiger partial charge in [-0.3, -0.25) is 4.79 Å². The maximum Gasteiger partial charge on any atom is 0.331 e. The minimum atomic E-state index is -3.06.